The van der Waals surface area contributed by atoms with E-state index in [1.54, 1.807) is 36.4 Å². The summed E-state index contributed by atoms with van der Waals surface area (Å²) in [5, 5.41) is 12.7. The molecule has 9 heteroatoms. The van der Waals surface area contributed by atoms with Gasteiger partial charge >= 0.3 is 0 Å². The zero-order valence-electron chi connectivity index (χ0n) is 17.2. The molecule has 3 aromatic rings. The van der Waals surface area contributed by atoms with Crippen LogP contribution in [0.25, 0.3) is 0 Å². The Hall–Kier alpha value is -3.33. The van der Waals surface area contributed by atoms with E-state index < -0.39 is 4.92 Å². The highest BCUT2D eigenvalue weighted by molar-refractivity contribution is 7.09. The van der Waals surface area contributed by atoms with Gasteiger partial charge in [0.25, 0.3) is 5.69 Å². The summed E-state index contributed by atoms with van der Waals surface area (Å²) in [5.74, 6) is 0.621. The van der Waals surface area contributed by atoms with Gasteiger partial charge in [0.05, 0.1) is 4.92 Å². The van der Waals surface area contributed by atoms with Crippen molar-refractivity contribution in [2.45, 2.75) is 19.8 Å². The Labute approximate surface area is 184 Å². The van der Waals surface area contributed by atoms with Gasteiger partial charge in [-0.15, -0.1) is 0 Å². The van der Waals surface area contributed by atoms with E-state index in [2.05, 4.69) is 14.3 Å². The molecule has 4 rings (SSSR count). The van der Waals surface area contributed by atoms with Gasteiger partial charge < -0.3 is 9.80 Å². The normalized spacial score (nSPS) is 14.4. The molecule has 0 bridgehead atoms. The number of ketones is 1. The number of hydrogen-bond acceptors (Lipinski definition) is 8. The molecule has 1 aliphatic heterocycles. The minimum atomic E-state index is -0.405. The molecule has 1 aromatic heterocycles. The van der Waals surface area contributed by atoms with Crippen molar-refractivity contribution in [3.05, 3.63) is 75.6 Å². The maximum absolute atomic E-state index is 12.7. The van der Waals surface area contributed by atoms with E-state index in [0.717, 1.165) is 30.3 Å². The number of rotatable bonds is 6. The number of anilines is 2. The zero-order chi connectivity index (χ0) is 21.8. The maximum atomic E-state index is 12.7. The summed E-state index contributed by atoms with van der Waals surface area (Å²) in [5.41, 5.74) is 1.33. The molecule has 0 radical (unpaired) electrons. The molecule has 1 saturated heterocycles. The van der Waals surface area contributed by atoms with Crippen LogP contribution in [0.15, 0.2) is 48.5 Å². The van der Waals surface area contributed by atoms with Crippen LogP contribution in [0.3, 0.4) is 0 Å². The van der Waals surface area contributed by atoms with Crippen LogP contribution in [0.2, 0.25) is 0 Å². The van der Waals surface area contributed by atoms with Gasteiger partial charge in [-0.25, -0.2) is 4.98 Å². The van der Waals surface area contributed by atoms with Crippen LogP contribution >= 0.6 is 11.5 Å². The third-order valence-electron chi connectivity index (χ3n) is 5.35. The topological polar surface area (TPSA) is 92.5 Å². The molecule has 2 aromatic carbocycles. The summed E-state index contributed by atoms with van der Waals surface area (Å²) >= 11 is 1.40. The smallest absolute Gasteiger partial charge is 0.293 e. The van der Waals surface area contributed by atoms with E-state index in [9.17, 15) is 14.9 Å². The zero-order valence-corrected chi connectivity index (χ0v) is 18.0. The van der Waals surface area contributed by atoms with Crippen molar-refractivity contribution >= 4 is 33.8 Å². The quantitative estimate of drug-likeness (QED) is 0.327. The number of carbonyl (C=O) groups excluding carboxylic acids is 1. The number of nitrogens with zero attached hydrogens (tertiary/aromatic N) is 5. The van der Waals surface area contributed by atoms with Crippen molar-refractivity contribution in [3.63, 3.8) is 0 Å². The number of benzene rings is 2. The number of hydrogen-bond donors (Lipinski definition) is 0. The molecule has 0 amide bonds. The highest BCUT2D eigenvalue weighted by atomic mass is 32.1. The van der Waals surface area contributed by atoms with Gasteiger partial charge in [0.2, 0.25) is 5.13 Å². The number of nitro groups is 1. The van der Waals surface area contributed by atoms with Crippen LogP contribution in [-0.2, 0) is 6.42 Å². The summed E-state index contributed by atoms with van der Waals surface area (Å²) in [7, 11) is 0. The minimum Gasteiger partial charge on any atom is -0.364 e. The lowest BCUT2D eigenvalue weighted by molar-refractivity contribution is -0.384. The van der Waals surface area contributed by atoms with Crippen molar-refractivity contribution < 1.29 is 9.72 Å². The molecule has 1 fully saturated rings. The minimum absolute atomic E-state index is 0.0422. The lowest BCUT2D eigenvalue weighted by Gasteiger charge is -2.23. The molecule has 0 atom stereocenters. The first-order valence-corrected chi connectivity index (χ1v) is 11.0. The van der Waals surface area contributed by atoms with E-state index in [4.69, 9.17) is 0 Å². The first-order chi connectivity index (χ1) is 15.1. The van der Waals surface area contributed by atoms with Gasteiger partial charge in [0, 0.05) is 61.3 Å². The van der Waals surface area contributed by atoms with Gasteiger partial charge in [0.15, 0.2) is 5.78 Å². The second-order valence-electron chi connectivity index (χ2n) is 7.33. The molecular formula is C22H23N5O3S. The molecule has 0 spiro atoms. The van der Waals surface area contributed by atoms with Crippen molar-refractivity contribution in [1.82, 2.24) is 9.36 Å². The predicted molar refractivity (Wildman–Crippen MR) is 121 cm³/mol. The SMILES string of the molecule is CCc1nsc(N2CCCN(c3ccc(C(=O)c4ccccc4)cc3[N+](=O)[O-])CC2)n1. The molecule has 2 heterocycles. The fourth-order valence-corrected chi connectivity index (χ4v) is 4.50. The molecule has 1 aliphatic rings. The third kappa shape index (κ3) is 4.56. The van der Waals surface area contributed by atoms with E-state index in [0.29, 0.717) is 36.4 Å². The largest absolute Gasteiger partial charge is 0.364 e. The van der Waals surface area contributed by atoms with Gasteiger partial charge in [-0.3, -0.25) is 14.9 Å². The highest BCUT2D eigenvalue weighted by Gasteiger charge is 2.25. The first kappa shape index (κ1) is 20.9. The standard InChI is InChI=1S/C22H23N5O3S/c1-2-20-23-22(31-24-20)26-12-6-11-25(13-14-26)18-10-9-17(15-19(18)27(29)30)21(28)16-7-4-3-5-8-16/h3-5,7-10,15H,2,6,11-14H2,1H3. The number of aryl methyl sites for hydroxylation is 1. The Morgan fingerprint density at radius 1 is 1.06 bits per heavy atom. The number of nitro benzene ring substituents is 1. The molecule has 0 saturated carbocycles. The lowest BCUT2D eigenvalue weighted by atomic mass is 10.0. The van der Waals surface area contributed by atoms with E-state index >= 15 is 0 Å². The summed E-state index contributed by atoms with van der Waals surface area (Å²) in [6.07, 6.45) is 1.65. The molecule has 8 nitrogen and oxygen atoms in total. The van der Waals surface area contributed by atoms with Gasteiger partial charge in [0.1, 0.15) is 11.5 Å². The van der Waals surface area contributed by atoms with Crippen molar-refractivity contribution in [2.24, 2.45) is 0 Å². The first-order valence-electron chi connectivity index (χ1n) is 10.3. The van der Waals surface area contributed by atoms with Crippen LogP contribution in [0.5, 0.6) is 0 Å². The number of aromatic nitrogens is 2. The van der Waals surface area contributed by atoms with Crippen LogP contribution in [0.4, 0.5) is 16.5 Å². The molecule has 0 N–H and O–H groups in total. The van der Waals surface area contributed by atoms with Crippen LogP contribution in [-0.4, -0.2) is 46.2 Å². The van der Waals surface area contributed by atoms with Crippen LogP contribution in [0.1, 0.15) is 35.1 Å². The second kappa shape index (κ2) is 9.22. The summed E-state index contributed by atoms with van der Waals surface area (Å²) in [6, 6.07) is 13.6. The van der Waals surface area contributed by atoms with Gasteiger partial charge in [-0.2, -0.15) is 4.37 Å². The van der Waals surface area contributed by atoms with Crippen molar-refractivity contribution in [1.29, 1.82) is 0 Å². The van der Waals surface area contributed by atoms with Crippen molar-refractivity contribution in [2.75, 3.05) is 36.0 Å². The van der Waals surface area contributed by atoms with Gasteiger partial charge in [-0.1, -0.05) is 37.3 Å². The second-order valence-corrected chi connectivity index (χ2v) is 8.06. The third-order valence-corrected chi connectivity index (χ3v) is 6.17. The van der Waals surface area contributed by atoms with E-state index in [1.807, 2.05) is 17.9 Å². The van der Waals surface area contributed by atoms with Crippen LogP contribution in [0, 0.1) is 10.1 Å². The Bertz CT molecular complexity index is 1090. The molecule has 31 heavy (non-hydrogen) atoms. The van der Waals surface area contributed by atoms with E-state index in [1.165, 1.54) is 17.6 Å². The Morgan fingerprint density at radius 2 is 1.81 bits per heavy atom. The van der Waals surface area contributed by atoms with E-state index in [-0.39, 0.29) is 11.5 Å². The Kier molecular flexibility index (Phi) is 6.22. The van der Waals surface area contributed by atoms with Gasteiger partial charge in [-0.05, 0) is 18.6 Å². The molecule has 160 valence electrons. The average molecular weight is 438 g/mol. The fourth-order valence-electron chi connectivity index (χ4n) is 3.70. The molecule has 0 unspecified atom stereocenters. The monoisotopic (exact) mass is 437 g/mol. The molecular weight excluding hydrogens is 414 g/mol. The predicted octanol–water partition coefficient (Wildman–Crippen LogP) is 3.96. The lowest BCUT2D eigenvalue weighted by Crippen LogP contribution is -2.31. The highest BCUT2D eigenvalue weighted by Crippen LogP contribution is 2.31. The maximum Gasteiger partial charge on any atom is 0.293 e. The Balaban J connectivity index is 1.56. The summed E-state index contributed by atoms with van der Waals surface area (Å²) < 4.78 is 4.36. The Morgan fingerprint density at radius 3 is 2.52 bits per heavy atom. The molecule has 0 aliphatic carbocycles. The summed E-state index contributed by atoms with van der Waals surface area (Å²) in [6.45, 7) is 4.89. The van der Waals surface area contributed by atoms with Crippen molar-refractivity contribution in [3.8, 4) is 0 Å². The average Bonchev–Trinajstić information content (AvgIpc) is 3.15. The van der Waals surface area contributed by atoms with Crippen LogP contribution < -0.4 is 9.80 Å². The number of carbonyl (C=O) groups is 1. The fraction of sp³-hybridized carbons (Fsp3) is 0.318. The summed E-state index contributed by atoms with van der Waals surface area (Å²) in [4.78, 5) is 32.9.